The van der Waals surface area contributed by atoms with E-state index in [-0.39, 0.29) is 12.0 Å². The quantitative estimate of drug-likeness (QED) is 0.730. The molecule has 2 atom stereocenters. The van der Waals surface area contributed by atoms with Gasteiger partial charge in [0.1, 0.15) is 0 Å². The molecule has 2 unspecified atom stereocenters. The van der Waals surface area contributed by atoms with Gasteiger partial charge in [-0.25, -0.2) is 0 Å². The Morgan fingerprint density at radius 2 is 2.20 bits per heavy atom. The van der Waals surface area contributed by atoms with Crippen molar-refractivity contribution in [1.82, 2.24) is 0 Å². The summed E-state index contributed by atoms with van der Waals surface area (Å²) in [5, 5.41) is 0. The molecule has 0 saturated heterocycles. The fraction of sp³-hybridized carbons (Fsp3) is 0.917. The molecule has 1 aliphatic carbocycles. The molecule has 1 aliphatic rings. The van der Waals surface area contributed by atoms with Crippen molar-refractivity contribution in [3.63, 3.8) is 0 Å². The maximum absolute atomic E-state index is 11.9. The third-order valence-corrected chi connectivity index (χ3v) is 3.29. The third-order valence-electron chi connectivity index (χ3n) is 3.29. The summed E-state index contributed by atoms with van der Waals surface area (Å²) < 4.78 is 5.30. The van der Waals surface area contributed by atoms with Gasteiger partial charge in [0.05, 0.1) is 12.0 Å². The molecule has 15 heavy (non-hydrogen) atoms. The van der Waals surface area contributed by atoms with Crippen LogP contribution in [0.15, 0.2) is 0 Å². The van der Waals surface area contributed by atoms with Gasteiger partial charge in [-0.3, -0.25) is 4.79 Å². The molecule has 0 aromatic rings. The zero-order valence-electron chi connectivity index (χ0n) is 10.1. The molecule has 0 amide bonds. The van der Waals surface area contributed by atoms with Gasteiger partial charge < -0.3 is 10.5 Å². The molecule has 0 radical (unpaired) electrons. The zero-order chi connectivity index (χ0) is 11.5. The summed E-state index contributed by atoms with van der Waals surface area (Å²) in [5.41, 5.74) is 5.57. The molecular formula is C12H23NO2. The Morgan fingerprint density at radius 1 is 1.53 bits per heavy atom. The summed E-state index contributed by atoms with van der Waals surface area (Å²) in [5.74, 6) is 0.278. The highest BCUT2D eigenvalue weighted by atomic mass is 16.5. The lowest BCUT2D eigenvalue weighted by Crippen LogP contribution is -2.48. The first-order valence-corrected chi connectivity index (χ1v) is 5.89. The van der Waals surface area contributed by atoms with Crippen LogP contribution in [0, 0.1) is 11.3 Å². The van der Waals surface area contributed by atoms with Crippen molar-refractivity contribution in [2.45, 2.75) is 52.5 Å². The van der Waals surface area contributed by atoms with Crippen molar-refractivity contribution in [3.05, 3.63) is 0 Å². The van der Waals surface area contributed by atoms with Gasteiger partial charge in [0.25, 0.3) is 0 Å². The van der Waals surface area contributed by atoms with Crippen LogP contribution in [-0.4, -0.2) is 18.6 Å². The number of rotatable bonds is 3. The van der Waals surface area contributed by atoms with Gasteiger partial charge in [-0.1, -0.05) is 26.7 Å². The van der Waals surface area contributed by atoms with Gasteiger partial charge in [-0.2, -0.15) is 0 Å². The van der Waals surface area contributed by atoms with Gasteiger partial charge >= 0.3 is 5.97 Å². The largest absolute Gasteiger partial charge is 0.465 e. The van der Waals surface area contributed by atoms with Crippen molar-refractivity contribution in [1.29, 1.82) is 0 Å². The Hall–Kier alpha value is -0.570. The fourth-order valence-electron chi connectivity index (χ4n) is 2.02. The van der Waals surface area contributed by atoms with E-state index in [1.165, 1.54) is 0 Å². The van der Waals surface area contributed by atoms with E-state index in [4.69, 9.17) is 10.5 Å². The molecule has 1 rings (SSSR count). The predicted molar refractivity (Wildman–Crippen MR) is 60.3 cm³/mol. The van der Waals surface area contributed by atoms with Crippen molar-refractivity contribution in [2.24, 2.45) is 17.1 Å². The Morgan fingerprint density at radius 3 is 2.73 bits per heavy atom. The van der Waals surface area contributed by atoms with Crippen LogP contribution in [-0.2, 0) is 9.53 Å². The van der Waals surface area contributed by atoms with Crippen LogP contribution in [0.5, 0.6) is 0 Å². The van der Waals surface area contributed by atoms with Crippen LogP contribution in [0.1, 0.15) is 46.5 Å². The Balaban J connectivity index is 2.55. The lowest BCUT2D eigenvalue weighted by atomic mass is 9.72. The predicted octanol–water partition coefficient (Wildman–Crippen LogP) is 2.09. The lowest BCUT2D eigenvalue weighted by molar-refractivity contribution is -0.159. The van der Waals surface area contributed by atoms with Crippen LogP contribution in [0.25, 0.3) is 0 Å². The summed E-state index contributed by atoms with van der Waals surface area (Å²) in [4.78, 5) is 11.9. The highest BCUT2D eigenvalue weighted by Gasteiger charge is 2.42. The topological polar surface area (TPSA) is 52.3 Å². The number of esters is 1. The molecule has 0 heterocycles. The monoisotopic (exact) mass is 213 g/mol. The second-order valence-electron chi connectivity index (χ2n) is 5.26. The summed E-state index contributed by atoms with van der Waals surface area (Å²) >= 11 is 0. The number of ether oxygens (including phenoxy) is 1. The van der Waals surface area contributed by atoms with Gasteiger partial charge in [-0.05, 0) is 25.7 Å². The molecule has 1 saturated carbocycles. The maximum Gasteiger partial charge on any atom is 0.313 e. The van der Waals surface area contributed by atoms with Gasteiger partial charge in [0.15, 0.2) is 0 Å². The van der Waals surface area contributed by atoms with E-state index in [0.717, 1.165) is 25.7 Å². The smallest absolute Gasteiger partial charge is 0.313 e. The van der Waals surface area contributed by atoms with Gasteiger partial charge in [-0.15, -0.1) is 0 Å². The molecule has 3 nitrogen and oxygen atoms in total. The second kappa shape index (κ2) is 4.97. The number of carbonyl (C=O) groups is 1. The third kappa shape index (κ3) is 2.94. The van der Waals surface area contributed by atoms with Crippen LogP contribution in [0.2, 0.25) is 0 Å². The van der Waals surface area contributed by atoms with E-state index in [2.05, 4.69) is 0 Å². The van der Waals surface area contributed by atoms with Crippen molar-refractivity contribution < 1.29 is 9.53 Å². The Bertz CT molecular complexity index is 228. The molecule has 0 spiro atoms. The van der Waals surface area contributed by atoms with E-state index >= 15 is 0 Å². The van der Waals surface area contributed by atoms with Crippen LogP contribution >= 0.6 is 0 Å². The normalized spacial score (nSPS) is 31.7. The molecule has 3 heteroatoms. The summed E-state index contributed by atoms with van der Waals surface area (Å²) in [7, 11) is 0. The Kier molecular flexibility index (Phi) is 4.14. The molecule has 2 N–H and O–H groups in total. The minimum absolute atomic E-state index is 0.0362. The van der Waals surface area contributed by atoms with Crippen molar-refractivity contribution in [2.75, 3.05) is 6.61 Å². The first kappa shape index (κ1) is 12.5. The number of hydrogen-bond donors (Lipinski definition) is 1. The lowest BCUT2D eigenvalue weighted by Gasteiger charge is -2.37. The summed E-state index contributed by atoms with van der Waals surface area (Å²) in [6.07, 6.45) is 4.02. The molecule has 0 bridgehead atoms. The van der Waals surface area contributed by atoms with Crippen LogP contribution < -0.4 is 5.73 Å². The number of nitrogens with two attached hydrogens (primary N) is 1. The second-order valence-corrected chi connectivity index (χ2v) is 5.26. The molecular weight excluding hydrogens is 190 g/mol. The minimum Gasteiger partial charge on any atom is -0.465 e. The van der Waals surface area contributed by atoms with E-state index in [1.807, 2.05) is 20.8 Å². The number of hydrogen-bond acceptors (Lipinski definition) is 3. The fourth-order valence-corrected chi connectivity index (χ4v) is 2.02. The standard InChI is InChI=1S/C12H23NO2/c1-9(2)8-15-11(14)12(3)7-5-4-6-10(12)13/h9-10H,4-8,13H2,1-3H3. The highest BCUT2D eigenvalue weighted by Crippen LogP contribution is 2.36. The summed E-state index contributed by atoms with van der Waals surface area (Å²) in [6.45, 7) is 6.52. The minimum atomic E-state index is -0.451. The number of carbonyl (C=O) groups excluding carboxylic acids is 1. The maximum atomic E-state index is 11.9. The average Bonchev–Trinajstić information content (AvgIpc) is 2.19. The molecule has 0 aliphatic heterocycles. The first-order chi connectivity index (χ1) is 6.97. The van der Waals surface area contributed by atoms with Crippen LogP contribution in [0.3, 0.4) is 0 Å². The van der Waals surface area contributed by atoms with E-state index < -0.39 is 5.41 Å². The molecule has 0 aromatic heterocycles. The van der Waals surface area contributed by atoms with E-state index in [9.17, 15) is 4.79 Å². The first-order valence-electron chi connectivity index (χ1n) is 5.89. The zero-order valence-corrected chi connectivity index (χ0v) is 10.1. The SMILES string of the molecule is CC(C)COC(=O)C1(C)CCCCC1N. The molecule has 0 aromatic carbocycles. The van der Waals surface area contributed by atoms with E-state index in [0.29, 0.717) is 12.5 Å². The highest BCUT2D eigenvalue weighted by molar-refractivity contribution is 5.77. The average molecular weight is 213 g/mol. The molecule has 88 valence electrons. The van der Waals surface area contributed by atoms with Gasteiger partial charge in [0, 0.05) is 6.04 Å². The van der Waals surface area contributed by atoms with Crippen LogP contribution in [0.4, 0.5) is 0 Å². The van der Waals surface area contributed by atoms with Gasteiger partial charge in [0.2, 0.25) is 0 Å². The Labute approximate surface area is 92.4 Å². The molecule has 1 fully saturated rings. The van der Waals surface area contributed by atoms with E-state index in [1.54, 1.807) is 0 Å². The van der Waals surface area contributed by atoms with Crippen molar-refractivity contribution in [3.8, 4) is 0 Å². The summed E-state index contributed by atoms with van der Waals surface area (Å²) in [6, 6.07) is -0.0362. The van der Waals surface area contributed by atoms with Crippen molar-refractivity contribution >= 4 is 5.97 Å².